The zero-order chi connectivity index (χ0) is 25.2. The molecular weight excluding hydrogens is 476 g/mol. The van der Waals surface area contributed by atoms with E-state index in [1.165, 1.54) is 6.07 Å². The monoisotopic (exact) mass is 503 g/mol. The molecule has 4 rings (SSSR count). The third-order valence-electron chi connectivity index (χ3n) is 6.64. The molecule has 35 heavy (non-hydrogen) atoms. The molecule has 7 nitrogen and oxygen atoms in total. The number of carboxylic acids is 1. The van der Waals surface area contributed by atoms with Gasteiger partial charge in [0.25, 0.3) is 0 Å². The maximum Gasteiger partial charge on any atom is 0.310 e. The minimum absolute atomic E-state index is 0.0321. The lowest BCUT2D eigenvalue weighted by Gasteiger charge is -2.39. The summed E-state index contributed by atoms with van der Waals surface area (Å²) in [6, 6.07) is 8.28. The Morgan fingerprint density at radius 3 is 2.57 bits per heavy atom. The number of anilines is 2. The first kappa shape index (κ1) is 25.1. The number of likely N-dealkylation sites (tertiary alicyclic amines) is 1. The van der Waals surface area contributed by atoms with E-state index in [4.69, 9.17) is 11.6 Å². The lowest BCUT2D eigenvalue weighted by Crippen LogP contribution is -2.45. The predicted molar refractivity (Wildman–Crippen MR) is 130 cm³/mol. The molecule has 186 valence electrons. The van der Waals surface area contributed by atoms with Crippen molar-refractivity contribution < 1.29 is 18.7 Å². The van der Waals surface area contributed by atoms with E-state index in [0.29, 0.717) is 61.7 Å². The van der Waals surface area contributed by atoms with Crippen molar-refractivity contribution in [3.8, 4) is 0 Å². The highest BCUT2D eigenvalue weighted by molar-refractivity contribution is 6.30. The molecule has 1 aliphatic heterocycles. The van der Waals surface area contributed by atoms with E-state index in [9.17, 15) is 14.3 Å². The minimum Gasteiger partial charge on any atom is -0.481 e. The summed E-state index contributed by atoms with van der Waals surface area (Å²) >= 11 is 5.89. The van der Waals surface area contributed by atoms with Gasteiger partial charge in [-0.15, -0.1) is 0 Å². The average molecular weight is 504 g/mol. The van der Waals surface area contributed by atoms with Gasteiger partial charge in [-0.05, 0) is 57.0 Å². The molecule has 3 aromatic rings. The fourth-order valence-electron chi connectivity index (χ4n) is 4.53. The van der Waals surface area contributed by atoms with E-state index in [1.807, 2.05) is 18.7 Å². The number of rotatable bonds is 8. The number of H-pyrrole nitrogens is 1. The van der Waals surface area contributed by atoms with Gasteiger partial charge in [0.15, 0.2) is 5.82 Å². The molecule has 0 radical (unpaired) electrons. The SMILES string of the molecule is CCc1cc(Nc2cc(C)[nH]n2)nc(CC2(C(=O)O)CCN(Cc3cccc(Cl)c3F)CC2)c1F. The zero-order valence-electron chi connectivity index (χ0n) is 19.7. The number of benzene rings is 1. The highest BCUT2D eigenvalue weighted by atomic mass is 35.5. The Kier molecular flexibility index (Phi) is 7.37. The molecule has 0 saturated carbocycles. The van der Waals surface area contributed by atoms with Crippen molar-refractivity contribution >= 4 is 29.2 Å². The summed E-state index contributed by atoms with van der Waals surface area (Å²) in [5, 5.41) is 20.2. The Balaban J connectivity index is 1.53. The standard InChI is InChI=1S/C25H28ClF2N5O2/c1-3-16-12-20(30-21-11-15(2)31-32-21)29-19(23(16)28)13-25(24(34)35)7-9-33(10-8-25)14-17-5-4-6-18(26)22(17)27/h4-6,11-12H,3,7-10,13-14H2,1-2H3,(H,34,35)(H2,29,30,31,32). The first-order chi connectivity index (χ1) is 16.7. The van der Waals surface area contributed by atoms with Gasteiger partial charge in [0, 0.05) is 30.3 Å². The van der Waals surface area contributed by atoms with E-state index in [2.05, 4.69) is 20.5 Å². The van der Waals surface area contributed by atoms with E-state index < -0.39 is 23.0 Å². The number of hydrogen-bond donors (Lipinski definition) is 3. The van der Waals surface area contributed by atoms with Crippen LogP contribution in [0.25, 0.3) is 0 Å². The van der Waals surface area contributed by atoms with Gasteiger partial charge < -0.3 is 10.4 Å². The Bertz CT molecular complexity index is 1220. The van der Waals surface area contributed by atoms with E-state index in [-0.39, 0.29) is 17.1 Å². The Morgan fingerprint density at radius 1 is 1.20 bits per heavy atom. The molecule has 2 aromatic heterocycles. The molecular formula is C25H28ClF2N5O2. The van der Waals surface area contributed by atoms with Gasteiger partial charge in [-0.2, -0.15) is 5.10 Å². The minimum atomic E-state index is -1.16. The zero-order valence-corrected chi connectivity index (χ0v) is 20.4. The van der Waals surface area contributed by atoms with Gasteiger partial charge in [0.1, 0.15) is 17.5 Å². The van der Waals surface area contributed by atoms with Crippen LogP contribution in [-0.2, 0) is 24.2 Å². The Labute approximate surface area is 207 Å². The number of pyridine rings is 1. The first-order valence-electron chi connectivity index (χ1n) is 11.6. The maximum absolute atomic E-state index is 15.3. The molecule has 0 unspecified atom stereocenters. The fourth-order valence-corrected chi connectivity index (χ4v) is 4.72. The summed E-state index contributed by atoms with van der Waals surface area (Å²) in [6.07, 6.45) is 0.997. The molecule has 1 fully saturated rings. The predicted octanol–water partition coefficient (Wildman–Crippen LogP) is 5.26. The highest BCUT2D eigenvalue weighted by Crippen LogP contribution is 2.37. The van der Waals surface area contributed by atoms with Crippen molar-refractivity contribution in [3.63, 3.8) is 0 Å². The van der Waals surface area contributed by atoms with Gasteiger partial charge in [-0.1, -0.05) is 30.7 Å². The number of aromatic nitrogens is 3. The summed E-state index contributed by atoms with van der Waals surface area (Å²) < 4.78 is 29.6. The Hall–Kier alpha value is -3.04. The first-order valence-corrected chi connectivity index (χ1v) is 11.9. The van der Waals surface area contributed by atoms with Crippen molar-refractivity contribution in [3.05, 3.63) is 69.5 Å². The second-order valence-electron chi connectivity index (χ2n) is 9.09. The molecule has 1 aliphatic rings. The molecule has 0 amide bonds. The smallest absolute Gasteiger partial charge is 0.310 e. The van der Waals surface area contributed by atoms with Crippen molar-refractivity contribution in [1.82, 2.24) is 20.1 Å². The summed E-state index contributed by atoms with van der Waals surface area (Å²) in [5.41, 5.74) is 0.742. The van der Waals surface area contributed by atoms with E-state index in [1.54, 1.807) is 24.3 Å². The van der Waals surface area contributed by atoms with Gasteiger partial charge in [0.2, 0.25) is 0 Å². The molecule has 1 saturated heterocycles. The van der Waals surface area contributed by atoms with Crippen LogP contribution < -0.4 is 5.32 Å². The van der Waals surface area contributed by atoms with Gasteiger partial charge >= 0.3 is 5.97 Å². The van der Waals surface area contributed by atoms with Crippen LogP contribution in [0.15, 0.2) is 30.3 Å². The van der Waals surface area contributed by atoms with Crippen LogP contribution >= 0.6 is 11.6 Å². The highest BCUT2D eigenvalue weighted by Gasteiger charge is 2.43. The van der Waals surface area contributed by atoms with Crippen molar-refractivity contribution in [2.45, 2.75) is 46.1 Å². The van der Waals surface area contributed by atoms with Crippen LogP contribution in [0.1, 0.15) is 42.3 Å². The number of nitrogens with zero attached hydrogens (tertiary/aromatic N) is 3. The summed E-state index contributed by atoms with van der Waals surface area (Å²) in [7, 11) is 0. The van der Waals surface area contributed by atoms with Crippen LogP contribution in [0.4, 0.5) is 20.4 Å². The third kappa shape index (κ3) is 5.46. The van der Waals surface area contributed by atoms with Crippen LogP contribution in [0, 0.1) is 24.0 Å². The normalized spacial score (nSPS) is 15.8. The third-order valence-corrected chi connectivity index (χ3v) is 6.93. The van der Waals surface area contributed by atoms with Crippen molar-refractivity contribution in [2.75, 3.05) is 18.4 Å². The van der Waals surface area contributed by atoms with Crippen molar-refractivity contribution in [1.29, 1.82) is 0 Å². The second kappa shape index (κ2) is 10.3. The average Bonchev–Trinajstić information content (AvgIpc) is 3.24. The molecule has 0 aliphatic carbocycles. The number of aromatic amines is 1. The molecule has 3 N–H and O–H groups in total. The largest absolute Gasteiger partial charge is 0.481 e. The number of nitrogens with one attached hydrogen (secondary N) is 2. The number of carbonyl (C=O) groups is 1. The Morgan fingerprint density at radius 2 is 1.94 bits per heavy atom. The van der Waals surface area contributed by atoms with Crippen molar-refractivity contribution in [2.24, 2.45) is 5.41 Å². The van der Waals surface area contributed by atoms with Crippen LogP contribution in [0.5, 0.6) is 0 Å². The van der Waals surface area contributed by atoms with Crippen LogP contribution in [0.3, 0.4) is 0 Å². The number of piperidine rings is 1. The molecule has 0 atom stereocenters. The topological polar surface area (TPSA) is 94.1 Å². The lowest BCUT2D eigenvalue weighted by atomic mass is 9.74. The number of aryl methyl sites for hydroxylation is 2. The summed E-state index contributed by atoms with van der Waals surface area (Å²) in [4.78, 5) is 18.8. The molecule has 1 aromatic carbocycles. The summed E-state index contributed by atoms with van der Waals surface area (Å²) in [6.45, 7) is 4.90. The van der Waals surface area contributed by atoms with Crippen LogP contribution in [-0.4, -0.2) is 44.2 Å². The molecule has 0 bridgehead atoms. The van der Waals surface area contributed by atoms with Crippen LogP contribution in [0.2, 0.25) is 5.02 Å². The fraction of sp³-hybridized carbons (Fsp3) is 0.400. The van der Waals surface area contributed by atoms with Gasteiger partial charge in [-0.25, -0.2) is 13.8 Å². The number of hydrogen-bond acceptors (Lipinski definition) is 5. The summed E-state index contributed by atoms with van der Waals surface area (Å²) in [5.74, 6) is -0.950. The molecule has 0 spiro atoms. The van der Waals surface area contributed by atoms with E-state index in [0.717, 1.165) is 5.69 Å². The van der Waals surface area contributed by atoms with Gasteiger partial charge in [0.05, 0.1) is 16.1 Å². The maximum atomic E-state index is 15.3. The number of carboxylic acid groups (broad SMARTS) is 1. The second-order valence-corrected chi connectivity index (χ2v) is 9.50. The molecule has 10 heteroatoms. The molecule has 3 heterocycles. The number of halogens is 3. The number of aliphatic carboxylic acids is 1. The van der Waals surface area contributed by atoms with Gasteiger partial charge in [-0.3, -0.25) is 14.8 Å². The van der Waals surface area contributed by atoms with E-state index >= 15 is 4.39 Å². The lowest BCUT2D eigenvalue weighted by molar-refractivity contribution is -0.152. The quantitative estimate of drug-likeness (QED) is 0.388.